The number of aliphatic hydroxyl groups excluding tert-OH is 1. The summed E-state index contributed by atoms with van der Waals surface area (Å²) in [6.07, 6.45) is 3.84. The highest BCUT2D eigenvalue weighted by molar-refractivity contribution is 6.16. The van der Waals surface area contributed by atoms with E-state index in [0.29, 0.717) is 74.5 Å². The minimum Gasteiger partial charge on any atom is -0.454 e. The average Bonchev–Trinajstić information content (AvgIpc) is 3.32. The van der Waals surface area contributed by atoms with Crippen LogP contribution in [0.25, 0.3) is 0 Å². The Morgan fingerprint density at radius 1 is 0.632 bits per heavy atom. The number of ether oxygens (including phenoxy) is 2. The molecule has 282 valence electrons. The first-order valence-corrected chi connectivity index (χ1v) is 18.7. The van der Waals surface area contributed by atoms with Gasteiger partial charge in [-0.2, -0.15) is 0 Å². The van der Waals surface area contributed by atoms with Crippen LogP contribution in [0.4, 0.5) is 28.4 Å². The van der Waals surface area contributed by atoms with Crippen LogP contribution in [0, 0.1) is 5.92 Å². The zero-order valence-corrected chi connectivity index (χ0v) is 30.9. The van der Waals surface area contributed by atoms with E-state index in [1.165, 1.54) is 0 Å². The molecule has 9 rings (SSSR count). The number of benzene rings is 6. The molecule has 2 atom stereocenters. The lowest BCUT2D eigenvalue weighted by molar-refractivity contribution is -0.139. The third-order valence-electron chi connectivity index (χ3n) is 10.7. The minimum atomic E-state index is -2.00. The van der Waals surface area contributed by atoms with Gasteiger partial charge < -0.3 is 24.6 Å². The lowest BCUT2D eigenvalue weighted by Crippen LogP contribution is -2.44. The molecule has 0 bridgehead atoms. The molecule has 6 aromatic carbocycles. The van der Waals surface area contributed by atoms with Crippen molar-refractivity contribution < 1.29 is 34.1 Å². The highest BCUT2D eigenvalue weighted by Gasteiger charge is 2.53. The largest absolute Gasteiger partial charge is 0.454 e. The van der Waals surface area contributed by atoms with Crippen LogP contribution in [0.2, 0.25) is 0 Å². The predicted octanol–water partition coefficient (Wildman–Crippen LogP) is 9.16. The van der Waals surface area contributed by atoms with Gasteiger partial charge in [0.1, 0.15) is 11.5 Å². The first-order valence-electron chi connectivity index (χ1n) is 18.7. The topological polar surface area (TPSA) is 120 Å². The maximum Gasteiger partial charge on any atom is 0.266 e. The fourth-order valence-electron chi connectivity index (χ4n) is 7.81. The molecule has 10 heteroatoms. The van der Waals surface area contributed by atoms with E-state index in [0.717, 1.165) is 5.56 Å². The number of hydrogen-bond donors (Lipinski definition) is 2. The van der Waals surface area contributed by atoms with Gasteiger partial charge in [-0.15, -0.1) is 0 Å². The molecule has 0 aromatic heterocycles. The lowest BCUT2D eigenvalue weighted by Gasteiger charge is -2.28. The molecule has 57 heavy (non-hydrogen) atoms. The number of rotatable bonds is 8. The molecule has 0 unspecified atom stereocenters. The summed E-state index contributed by atoms with van der Waals surface area (Å²) < 4.78 is 12.4. The highest BCUT2D eigenvalue weighted by Crippen LogP contribution is 2.50. The summed E-state index contributed by atoms with van der Waals surface area (Å²) in [5, 5.41) is 22.0. The number of hydrogen-bond acceptors (Lipinski definition) is 7. The van der Waals surface area contributed by atoms with E-state index >= 15 is 0 Å². The molecule has 0 saturated carbocycles. The monoisotopic (exact) mass is 755 g/mol. The number of nitrogens with zero attached hydrogens (tertiary/aromatic N) is 3. The van der Waals surface area contributed by atoms with E-state index in [2.05, 4.69) is 0 Å². The summed E-state index contributed by atoms with van der Waals surface area (Å²) in [5.74, 6) is 0.132. The van der Waals surface area contributed by atoms with Crippen molar-refractivity contribution in [3.8, 4) is 23.0 Å². The molecule has 3 aliphatic rings. The summed E-state index contributed by atoms with van der Waals surface area (Å²) >= 11 is 0. The van der Waals surface area contributed by atoms with Gasteiger partial charge in [0.05, 0.1) is 34.7 Å². The van der Waals surface area contributed by atoms with Crippen LogP contribution in [0.5, 0.6) is 23.0 Å². The molecule has 0 saturated heterocycles. The molecule has 3 aliphatic heterocycles. The first kappa shape index (κ1) is 35.7. The van der Waals surface area contributed by atoms with Crippen LogP contribution in [0.3, 0.4) is 0 Å². The Kier molecular flexibility index (Phi) is 8.92. The fraction of sp³-hybridized carbons (Fsp3) is 0.128. The lowest BCUT2D eigenvalue weighted by atomic mass is 9.82. The molecular formula is C47H37N3O7. The van der Waals surface area contributed by atoms with E-state index in [1.807, 2.05) is 66.7 Å². The van der Waals surface area contributed by atoms with Gasteiger partial charge in [0.15, 0.2) is 17.1 Å². The number of carbonyl (C=O) groups is 3. The number of carbonyl (C=O) groups excluding carboxylic acids is 3. The highest BCUT2D eigenvalue weighted by atomic mass is 16.5. The van der Waals surface area contributed by atoms with Crippen molar-refractivity contribution in [3.05, 3.63) is 174 Å². The second-order valence-electron chi connectivity index (χ2n) is 14.2. The summed E-state index contributed by atoms with van der Waals surface area (Å²) in [7, 11) is 0. The summed E-state index contributed by atoms with van der Waals surface area (Å²) in [6, 6.07) is 41.4. The van der Waals surface area contributed by atoms with E-state index in [9.17, 15) is 24.6 Å². The van der Waals surface area contributed by atoms with Gasteiger partial charge in [-0.05, 0) is 90.8 Å². The molecule has 0 fully saturated rings. The Morgan fingerprint density at radius 2 is 1.14 bits per heavy atom. The van der Waals surface area contributed by atoms with Crippen molar-refractivity contribution in [2.45, 2.75) is 25.5 Å². The van der Waals surface area contributed by atoms with Crippen molar-refractivity contribution in [2.75, 3.05) is 21.3 Å². The van der Waals surface area contributed by atoms with Crippen LogP contribution in [0.1, 0.15) is 45.2 Å². The Hall–Kier alpha value is -7.01. The Morgan fingerprint density at radius 3 is 1.72 bits per heavy atom. The molecule has 0 aliphatic carbocycles. The van der Waals surface area contributed by atoms with E-state index < -0.39 is 17.4 Å². The molecule has 3 heterocycles. The number of fused-ring (bicyclic) bond motifs is 5. The van der Waals surface area contributed by atoms with Crippen LogP contribution in [-0.4, -0.2) is 34.5 Å². The van der Waals surface area contributed by atoms with Crippen molar-refractivity contribution >= 4 is 46.2 Å². The van der Waals surface area contributed by atoms with Crippen LogP contribution in [-0.2, 0) is 16.9 Å². The third kappa shape index (κ3) is 5.94. The SMILES string of the molecule is C[C@@H](/C=C/CCO)[C@]1(O)C(=O)N(Cc2ccc(N3C(=O)c4ccccc4Oc4ccccc43)cc2)c2ccc(N3C(=O)c4ccccc4Oc4ccccc43)cc21. The minimum absolute atomic E-state index is 0.0768. The normalized spacial score (nSPS) is 17.5. The van der Waals surface area contributed by atoms with E-state index in [4.69, 9.17) is 9.47 Å². The zero-order valence-electron chi connectivity index (χ0n) is 30.9. The Labute approximate surface area is 329 Å². The molecule has 0 spiro atoms. The van der Waals surface area contributed by atoms with Gasteiger partial charge in [-0.25, -0.2) is 0 Å². The van der Waals surface area contributed by atoms with Crippen molar-refractivity contribution in [1.82, 2.24) is 0 Å². The van der Waals surface area contributed by atoms with E-state index in [1.54, 1.807) is 107 Å². The summed E-state index contributed by atoms with van der Waals surface area (Å²) in [6.45, 7) is 1.80. The van der Waals surface area contributed by atoms with Crippen LogP contribution < -0.4 is 24.2 Å². The molecule has 3 amide bonds. The van der Waals surface area contributed by atoms with Gasteiger partial charge in [0.2, 0.25) is 0 Å². The second kappa shape index (κ2) is 14.2. The average molecular weight is 756 g/mol. The summed E-state index contributed by atoms with van der Waals surface area (Å²) in [5.41, 5.74) is 2.56. The molecular weight excluding hydrogens is 719 g/mol. The predicted molar refractivity (Wildman–Crippen MR) is 217 cm³/mol. The maximum absolute atomic E-state index is 14.6. The molecule has 10 nitrogen and oxygen atoms in total. The van der Waals surface area contributed by atoms with E-state index in [-0.39, 0.29) is 25.0 Å². The third-order valence-corrected chi connectivity index (χ3v) is 10.7. The van der Waals surface area contributed by atoms with Crippen molar-refractivity contribution in [1.29, 1.82) is 0 Å². The van der Waals surface area contributed by atoms with Gasteiger partial charge in [-0.3, -0.25) is 24.2 Å². The van der Waals surface area contributed by atoms with Gasteiger partial charge in [0, 0.05) is 29.5 Å². The first-order chi connectivity index (χ1) is 27.8. The van der Waals surface area contributed by atoms with Crippen LogP contribution in [0.15, 0.2) is 152 Å². The number of anilines is 5. The van der Waals surface area contributed by atoms with Gasteiger partial charge >= 0.3 is 0 Å². The smallest absolute Gasteiger partial charge is 0.266 e. The van der Waals surface area contributed by atoms with Gasteiger partial charge in [-0.1, -0.05) is 79.7 Å². The fourth-order valence-corrected chi connectivity index (χ4v) is 7.81. The Balaban J connectivity index is 1.09. The second-order valence-corrected chi connectivity index (χ2v) is 14.2. The Bertz CT molecular complexity index is 2600. The quantitative estimate of drug-likeness (QED) is 0.149. The number of amides is 3. The standard InChI is InChI=1S/C47H37N3O7/c1-30(12-10-11-27-51)47(55)36-28-33(50-39-16-5-9-20-43(39)57-41-18-7-3-14-35(41)45(50)53)25-26-37(36)48(46(47)54)29-31-21-23-32(24-22-31)49-38-15-4-8-19-42(38)56-40-17-6-2-13-34(40)44(49)52/h2-10,12-26,28,30,51,55H,11,27,29H2,1H3/b12-10+/t30-,47+/m0/s1. The molecule has 2 N–H and O–H groups in total. The molecule has 6 aromatic rings. The zero-order chi connectivity index (χ0) is 39.3. The van der Waals surface area contributed by atoms with Crippen molar-refractivity contribution in [3.63, 3.8) is 0 Å². The van der Waals surface area contributed by atoms with Gasteiger partial charge in [0.25, 0.3) is 17.7 Å². The summed E-state index contributed by atoms with van der Waals surface area (Å²) in [4.78, 5) is 47.6. The maximum atomic E-state index is 14.6. The van der Waals surface area contributed by atoms with Crippen molar-refractivity contribution in [2.24, 2.45) is 5.92 Å². The number of para-hydroxylation sites is 6. The molecule has 0 radical (unpaired) electrons. The van der Waals surface area contributed by atoms with Crippen LogP contribution >= 0.6 is 0 Å². The number of aliphatic hydroxyl groups is 2.